The molecule has 5 atom stereocenters. The van der Waals surface area contributed by atoms with Gasteiger partial charge < -0.3 is 29.5 Å². The van der Waals surface area contributed by atoms with Crippen LogP contribution in [-0.4, -0.2) is 75.1 Å². The lowest BCUT2D eigenvalue weighted by Gasteiger charge is -2.53. The number of ketones is 2. The normalized spacial score (nSPS) is 35.9. The highest BCUT2D eigenvalue weighted by Crippen LogP contribution is 2.43. The Morgan fingerprint density at radius 3 is 1.79 bits per heavy atom. The van der Waals surface area contributed by atoms with E-state index in [2.05, 4.69) is 0 Å². The first-order chi connectivity index (χ1) is 11.0. The summed E-state index contributed by atoms with van der Waals surface area (Å²) in [4.78, 5) is 47.5. The molecule has 0 aliphatic carbocycles. The van der Waals surface area contributed by atoms with E-state index in [9.17, 15) is 34.5 Å². The van der Waals surface area contributed by atoms with E-state index in [4.69, 9.17) is 14.2 Å². The van der Waals surface area contributed by atoms with E-state index >= 15 is 0 Å². The maximum Gasteiger partial charge on any atom is 0.324 e. The second-order valence-electron chi connectivity index (χ2n) is 5.43. The average molecular weight is 348 g/mol. The number of carbonyl (C=O) groups is 4. The Balaban J connectivity index is 3.76. The topological polar surface area (TPSA) is 157 Å². The standard InChI is InChI=1S/C14H20O10/c1-6(16)13(22-8(3)18)12(21)11(20)10(5-15)24-14(13,7(2)17)23-9(4)19/h10-12,15,20-21H,5H2,1-4H3/t10-,11-,12+,13+,14?/m1/s1. The first kappa shape index (κ1) is 20.2. The van der Waals surface area contributed by atoms with Crippen LogP contribution in [0.1, 0.15) is 27.7 Å². The van der Waals surface area contributed by atoms with Crippen LogP contribution in [0.3, 0.4) is 0 Å². The van der Waals surface area contributed by atoms with Crippen LogP contribution in [0.15, 0.2) is 0 Å². The van der Waals surface area contributed by atoms with Crippen molar-refractivity contribution in [1.82, 2.24) is 0 Å². The van der Waals surface area contributed by atoms with E-state index < -0.39 is 59.8 Å². The summed E-state index contributed by atoms with van der Waals surface area (Å²) in [5.74, 6) is -7.22. The van der Waals surface area contributed by atoms with E-state index in [0.29, 0.717) is 0 Å². The van der Waals surface area contributed by atoms with Crippen LogP contribution >= 0.6 is 0 Å². The van der Waals surface area contributed by atoms with Crippen LogP contribution < -0.4 is 0 Å². The predicted octanol–water partition coefficient (Wildman–Crippen LogP) is -2.16. The van der Waals surface area contributed by atoms with Crippen molar-refractivity contribution in [1.29, 1.82) is 0 Å². The molecule has 0 radical (unpaired) electrons. The molecule has 1 unspecified atom stereocenters. The Morgan fingerprint density at radius 1 is 0.958 bits per heavy atom. The van der Waals surface area contributed by atoms with Crippen molar-refractivity contribution in [3.05, 3.63) is 0 Å². The van der Waals surface area contributed by atoms with Crippen molar-refractivity contribution in [3.63, 3.8) is 0 Å². The van der Waals surface area contributed by atoms with Crippen LogP contribution in [0.25, 0.3) is 0 Å². The number of Topliss-reactive ketones (excluding diaryl/α,β-unsaturated/α-hetero) is 2. The van der Waals surface area contributed by atoms with Crippen molar-refractivity contribution < 1.29 is 48.7 Å². The third-order valence-electron chi connectivity index (χ3n) is 3.69. The van der Waals surface area contributed by atoms with Gasteiger partial charge >= 0.3 is 17.7 Å². The van der Waals surface area contributed by atoms with Crippen LogP contribution in [-0.2, 0) is 33.4 Å². The molecule has 1 aliphatic rings. The minimum Gasteiger partial charge on any atom is -0.441 e. The summed E-state index contributed by atoms with van der Waals surface area (Å²) in [6.07, 6.45) is -5.68. The van der Waals surface area contributed by atoms with Crippen molar-refractivity contribution >= 4 is 23.5 Å². The van der Waals surface area contributed by atoms with E-state index in [1.165, 1.54) is 0 Å². The van der Waals surface area contributed by atoms with Gasteiger partial charge in [-0.05, 0) is 6.92 Å². The highest BCUT2D eigenvalue weighted by atomic mass is 16.8. The van der Waals surface area contributed by atoms with Gasteiger partial charge in [-0.3, -0.25) is 19.2 Å². The summed E-state index contributed by atoms with van der Waals surface area (Å²) in [7, 11) is 0. The number of rotatable bonds is 5. The molecule has 0 saturated carbocycles. The zero-order valence-corrected chi connectivity index (χ0v) is 13.6. The van der Waals surface area contributed by atoms with Gasteiger partial charge in [0.2, 0.25) is 5.78 Å². The average Bonchev–Trinajstić information content (AvgIpc) is 2.45. The monoisotopic (exact) mass is 348 g/mol. The largest absolute Gasteiger partial charge is 0.441 e. The molecule has 1 fully saturated rings. The number of ether oxygens (including phenoxy) is 3. The number of hydrogen-bond acceptors (Lipinski definition) is 10. The number of aliphatic hydroxyl groups is 3. The second-order valence-corrected chi connectivity index (χ2v) is 5.43. The van der Waals surface area contributed by atoms with Crippen LogP contribution in [0.5, 0.6) is 0 Å². The summed E-state index contributed by atoms with van der Waals surface area (Å²) in [6, 6.07) is 0. The highest BCUT2D eigenvalue weighted by Gasteiger charge is 2.74. The molecule has 0 aromatic rings. The molecule has 0 aromatic heterocycles. The van der Waals surface area contributed by atoms with Crippen LogP contribution in [0.2, 0.25) is 0 Å². The molecule has 0 aromatic carbocycles. The Hall–Kier alpha value is -1.88. The lowest BCUT2D eigenvalue weighted by molar-refractivity contribution is -0.358. The fourth-order valence-electron chi connectivity index (χ4n) is 2.74. The summed E-state index contributed by atoms with van der Waals surface area (Å²) in [5, 5.41) is 29.8. The second kappa shape index (κ2) is 6.93. The third kappa shape index (κ3) is 2.93. The maximum absolute atomic E-state index is 12.3. The minimum absolute atomic E-state index is 0.864. The Kier molecular flexibility index (Phi) is 5.82. The van der Waals surface area contributed by atoms with Crippen molar-refractivity contribution in [2.45, 2.75) is 57.4 Å². The Bertz CT molecular complexity index is 558. The SMILES string of the molecule is CC(=O)OC1(C(C)=O)O[C@H](CO)[C@@H](O)[C@H](O)[C@@]1(OC(C)=O)C(C)=O. The molecule has 1 aliphatic heterocycles. The Morgan fingerprint density at radius 2 is 1.46 bits per heavy atom. The first-order valence-electron chi connectivity index (χ1n) is 7.02. The molecular weight excluding hydrogens is 328 g/mol. The minimum atomic E-state index is -2.86. The molecule has 24 heavy (non-hydrogen) atoms. The predicted molar refractivity (Wildman–Crippen MR) is 74.3 cm³/mol. The smallest absolute Gasteiger partial charge is 0.324 e. The quantitative estimate of drug-likeness (QED) is 0.467. The molecule has 1 rings (SSSR count). The molecule has 0 amide bonds. The zero-order chi connectivity index (χ0) is 18.9. The number of carbonyl (C=O) groups excluding carboxylic acids is 4. The van der Waals surface area contributed by atoms with E-state index in [-0.39, 0.29) is 0 Å². The van der Waals surface area contributed by atoms with Gasteiger partial charge in [-0.15, -0.1) is 0 Å². The van der Waals surface area contributed by atoms with Gasteiger partial charge in [0.25, 0.3) is 5.60 Å². The van der Waals surface area contributed by atoms with E-state index in [0.717, 1.165) is 27.7 Å². The van der Waals surface area contributed by atoms with Gasteiger partial charge in [-0.2, -0.15) is 0 Å². The molecule has 3 N–H and O–H groups in total. The van der Waals surface area contributed by atoms with Crippen LogP contribution in [0.4, 0.5) is 0 Å². The number of aliphatic hydroxyl groups excluding tert-OH is 3. The van der Waals surface area contributed by atoms with Gasteiger partial charge in [-0.25, -0.2) is 0 Å². The van der Waals surface area contributed by atoms with Crippen molar-refractivity contribution in [2.24, 2.45) is 0 Å². The highest BCUT2D eigenvalue weighted by molar-refractivity contribution is 6.00. The molecule has 0 spiro atoms. The molecule has 1 saturated heterocycles. The number of esters is 2. The maximum atomic E-state index is 12.3. The van der Waals surface area contributed by atoms with Crippen molar-refractivity contribution in [3.8, 4) is 0 Å². The summed E-state index contributed by atoms with van der Waals surface area (Å²) in [6.45, 7) is 2.66. The van der Waals surface area contributed by atoms with E-state index in [1.54, 1.807) is 0 Å². The zero-order valence-electron chi connectivity index (χ0n) is 13.6. The van der Waals surface area contributed by atoms with Gasteiger partial charge in [0.1, 0.15) is 18.3 Å². The van der Waals surface area contributed by atoms with Gasteiger partial charge in [-0.1, -0.05) is 0 Å². The molecule has 10 heteroatoms. The molecule has 10 nitrogen and oxygen atoms in total. The fraction of sp³-hybridized carbons (Fsp3) is 0.714. The molecule has 136 valence electrons. The summed E-state index contributed by atoms with van der Waals surface area (Å²) < 4.78 is 15.0. The molecule has 0 bridgehead atoms. The lowest BCUT2D eigenvalue weighted by Crippen LogP contribution is -2.80. The summed E-state index contributed by atoms with van der Waals surface area (Å²) in [5.41, 5.74) is -2.83. The Labute approximate surface area is 137 Å². The van der Waals surface area contributed by atoms with Gasteiger partial charge in [0, 0.05) is 20.8 Å². The molecular formula is C14H20O10. The number of hydrogen-bond donors (Lipinski definition) is 3. The summed E-state index contributed by atoms with van der Waals surface area (Å²) >= 11 is 0. The van der Waals surface area contributed by atoms with Crippen LogP contribution in [0, 0.1) is 0 Å². The lowest BCUT2D eigenvalue weighted by atomic mass is 9.75. The fourth-order valence-corrected chi connectivity index (χ4v) is 2.74. The van der Waals surface area contributed by atoms with Gasteiger partial charge in [0.05, 0.1) is 6.61 Å². The first-order valence-corrected chi connectivity index (χ1v) is 7.02. The third-order valence-corrected chi connectivity index (χ3v) is 3.69. The van der Waals surface area contributed by atoms with E-state index in [1.807, 2.05) is 0 Å². The van der Waals surface area contributed by atoms with Gasteiger partial charge in [0.15, 0.2) is 5.78 Å². The molecule has 1 heterocycles. The van der Waals surface area contributed by atoms with Crippen molar-refractivity contribution in [2.75, 3.05) is 6.61 Å².